The van der Waals surface area contributed by atoms with Crippen LogP contribution in [0.3, 0.4) is 0 Å². The normalized spacial score (nSPS) is 24.8. The quantitative estimate of drug-likeness (QED) is 0.146. The maximum Gasteiger partial charge on any atom is 0.338 e. The molecule has 1 heterocycles. The van der Waals surface area contributed by atoms with Crippen molar-refractivity contribution < 1.29 is 64.7 Å². The Morgan fingerprint density at radius 2 is 1.45 bits per heavy atom. The molecule has 5 atom stereocenters. The number of carbonyl (C=O) groups excluding carboxylic acids is 2. The first kappa shape index (κ1) is 23.9. The number of aromatic hydroxyl groups is 5. The van der Waals surface area contributed by atoms with Gasteiger partial charge in [0, 0.05) is 5.56 Å². The summed E-state index contributed by atoms with van der Waals surface area (Å²) >= 11 is 0. The molecule has 1 aliphatic rings. The lowest BCUT2D eigenvalue weighted by molar-refractivity contribution is -0.277. The average molecular weight is 468 g/mol. The first-order valence-electron chi connectivity index (χ1n) is 9.33. The lowest BCUT2D eigenvalue weighted by Crippen LogP contribution is -2.60. The molecule has 0 amide bonds. The van der Waals surface area contributed by atoms with Gasteiger partial charge in [-0.2, -0.15) is 0 Å². The van der Waals surface area contributed by atoms with Gasteiger partial charge in [-0.15, -0.1) is 0 Å². The number of phenols is 5. The second-order valence-electron chi connectivity index (χ2n) is 7.10. The Kier molecular flexibility index (Phi) is 6.78. The number of esters is 1. The van der Waals surface area contributed by atoms with Crippen molar-refractivity contribution in [1.82, 2.24) is 0 Å². The van der Waals surface area contributed by atoms with Crippen molar-refractivity contribution in [2.24, 2.45) is 0 Å². The Morgan fingerprint density at radius 1 is 0.879 bits per heavy atom. The largest absolute Gasteiger partial charge is 0.504 e. The lowest BCUT2D eigenvalue weighted by Gasteiger charge is -2.39. The number of ether oxygens (including phenoxy) is 3. The highest BCUT2D eigenvalue weighted by Gasteiger charge is 2.46. The smallest absolute Gasteiger partial charge is 0.338 e. The fraction of sp³-hybridized carbons (Fsp3) is 0.300. The van der Waals surface area contributed by atoms with Gasteiger partial charge in [0.15, 0.2) is 28.7 Å². The van der Waals surface area contributed by atoms with Crippen LogP contribution >= 0.6 is 0 Å². The molecule has 1 saturated heterocycles. The summed E-state index contributed by atoms with van der Waals surface area (Å²) < 4.78 is 15.5. The third kappa shape index (κ3) is 4.85. The standard InChI is InChI=1S/C20H20O13/c21-5-7-1-11(24)18(12(25)2-7)33-20-17(29)16(28)15(27)13(32-20)6-31-19(30)8-3-9(22)14(26)10(23)4-8/h1-5,13,15-17,20,22-29H,6H2/t13-,15-,16+,17+,20+/m1/s1. The van der Waals surface area contributed by atoms with E-state index in [2.05, 4.69) is 0 Å². The van der Waals surface area contributed by atoms with Crippen LogP contribution in [0.4, 0.5) is 0 Å². The molecule has 13 heteroatoms. The van der Waals surface area contributed by atoms with E-state index < -0.39 is 77.8 Å². The van der Waals surface area contributed by atoms with Crippen LogP contribution in [0, 0.1) is 0 Å². The van der Waals surface area contributed by atoms with E-state index in [1.165, 1.54) is 0 Å². The zero-order valence-corrected chi connectivity index (χ0v) is 16.6. The fourth-order valence-corrected chi connectivity index (χ4v) is 3.04. The molecule has 0 saturated carbocycles. The van der Waals surface area contributed by atoms with Crippen LogP contribution in [0.5, 0.6) is 34.5 Å². The molecule has 0 aromatic heterocycles. The number of aldehydes is 1. The Labute approximate surface area is 184 Å². The van der Waals surface area contributed by atoms with E-state index in [9.17, 15) is 50.4 Å². The summed E-state index contributed by atoms with van der Waals surface area (Å²) in [6.45, 7) is -0.700. The molecule has 33 heavy (non-hydrogen) atoms. The molecule has 3 rings (SSSR count). The third-order valence-corrected chi connectivity index (χ3v) is 4.79. The van der Waals surface area contributed by atoms with Crippen LogP contribution in [0.15, 0.2) is 24.3 Å². The molecule has 0 bridgehead atoms. The van der Waals surface area contributed by atoms with Crippen LogP contribution in [0.1, 0.15) is 20.7 Å². The zero-order chi connectivity index (χ0) is 24.4. The Balaban J connectivity index is 1.73. The van der Waals surface area contributed by atoms with Crippen molar-refractivity contribution >= 4 is 12.3 Å². The van der Waals surface area contributed by atoms with Crippen molar-refractivity contribution in [1.29, 1.82) is 0 Å². The van der Waals surface area contributed by atoms with E-state index in [0.29, 0.717) is 6.29 Å². The summed E-state index contributed by atoms with van der Waals surface area (Å²) in [6.07, 6.45) is -8.33. The Hall–Kier alpha value is -3.78. The van der Waals surface area contributed by atoms with Gasteiger partial charge in [0.2, 0.25) is 12.0 Å². The first-order valence-corrected chi connectivity index (χ1v) is 9.33. The number of carbonyl (C=O) groups is 2. The second kappa shape index (κ2) is 9.38. The average Bonchev–Trinajstić information content (AvgIpc) is 2.78. The number of phenolic OH excluding ortho intramolecular Hbond substituents is 5. The van der Waals surface area contributed by atoms with Crippen molar-refractivity contribution in [3.63, 3.8) is 0 Å². The summed E-state index contributed by atoms with van der Waals surface area (Å²) in [5.74, 6) is -5.46. The first-order chi connectivity index (χ1) is 15.5. The van der Waals surface area contributed by atoms with Crippen LogP contribution in [-0.4, -0.2) is 90.4 Å². The van der Waals surface area contributed by atoms with Gasteiger partial charge < -0.3 is 55.1 Å². The van der Waals surface area contributed by atoms with Crippen LogP contribution in [0.25, 0.3) is 0 Å². The minimum atomic E-state index is -1.86. The lowest BCUT2D eigenvalue weighted by atomic mass is 9.99. The van der Waals surface area contributed by atoms with E-state index in [1.807, 2.05) is 0 Å². The molecule has 1 fully saturated rings. The van der Waals surface area contributed by atoms with Crippen LogP contribution in [-0.2, 0) is 9.47 Å². The van der Waals surface area contributed by atoms with Gasteiger partial charge in [-0.05, 0) is 24.3 Å². The maximum absolute atomic E-state index is 12.2. The predicted octanol–water partition coefficient (Wildman–Crippen LogP) is -0.930. The zero-order valence-electron chi connectivity index (χ0n) is 16.6. The minimum absolute atomic E-state index is 0.0750. The van der Waals surface area contributed by atoms with Crippen LogP contribution in [0.2, 0.25) is 0 Å². The van der Waals surface area contributed by atoms with Crippen molar-refractivity contribution in [3.05, 3.63) is 35.4 Å². The molecular formula is C20H20O13. The molecule has 0 unspecified atom stereocenters. The van der Waals surface area contributed by atoms with Crippen molar-refractivity contribution in [2.45, 2.75) is 30.7 Å². The van der Waals surface area contributed by atoms with Gasteiger partial charge in [-0.1, -0.05) is 0 Å². The van der Waals surface area contributed by atoms with E-state index in [4.69, 9.17) is 14.2 Å². The van der Waals surface area contributed by atoms with Gasteiger partial charge >= 0.3 is 5.97 Å². The number of aliphatic hydroxyl groups is 3. The summed E-state index contributed by atoms with van der Waals surface area (Å²) in [4.78, 5) is 23.0. The summed E-state index contributed by atoms with van der Waals surface area (Å²) in [7, 11) is 0. The van der Waals surface area contributed by atoms with Crippen LogP contribution < -0.4 is 4.74 Å². The van der Waals surface area contributed by atoms with E-state index in [1.54, 1.807) is 0 Å². The maximum atomic E-state index is 12.2. The van der Waals surface area contributed by atoms with Gasteiger partial charge in [-0.3, -0.25) is 4.79 Å². The Bertz CT molecular complexity index is 1010. The molecular weight excluding hydrogens is 448 g/mol. The molecule has 0 radical (unpaired) electrons. The van der Waals surface area contributed by atoms with Gasteiger partial charge in [-0.25, -0.2) is 4.79 Å². The highest BCUT2D eigenvalue weighted by Crippen LogP contribution is 2.39. The van der Waals surface area contributed by atoms with E-state index in [-0.39, 0.29) is 11.1 Å². The molecule has 13 nitrogen and oxygen atoms in total. The fourth-order valence-electron chi connectivity index (χ4n) is 3.04. The number of rotatable bonds is 6. The monoisotopic (exact) mass is 468 g/mol. The second-order valence-corrected chi connectivity index (χ2v) is 7.10. The van der Waals surface area contributed by atoms with E-state index >= 15 is 0 Å². The number of hydrogen-bond acceptors (Lipinski definition) is 13. The highest BCUT2D eigenvalue weighted by atomic mass is 16.7. The molecule has 0 aliphatic carbocycles. The minimum Gasteiger partial charge on any atom is -0.504 e. The SMILES string of the molecule is O=Cc1cc(O)c(O[C@@H]2O[C@H](COC(=O)c3cc(O)c(O)c(O)c3)[C@@H](O)[C@H](O)[C@@H]2O)c(O)c1. The topological polar surface area (TPSA) is 224 Å². The Morgan fingerprint density at radius 3 is 2.00 bits per heavy atom. The molecule has 1 aliphatic heterocycles. The number of benzene rings is 2. The molecule has 8 N–H and O–H groups in total. The number of hydrogen-bond donors (Lipinski definition) is 8. The predicted molar refractivity (Wildman–Crippen MR) is 104 cm³/mol. The summed E-state index contributed by atoms with van der Waals surface area (Å²) in [5.41, 5.74) is -0.430. The van der Waals surface area contributed by atoms with Gasteiger partial charge in [0.05, 0.1) is 5.56 Å². The molecule has 178 valence electrons. The highest BCUT2D eigenvalue weighted by molar-refractivity contribution is 5.91. The third-order valence-electron chi connectivity index (χ3n) is 4.79. The number of aliphatic hydroxyl groups excluding tert-OH is 3. The molecule has 0 spiro atoms. The van der Waals surface area contributed by atoms with Gasteiger partial charge in [0.1, 0.15) is 37.3 Å². The van der Waals surface area contributed by atoms with E-state index in [0.717, 1.165) is 24.3 Å². The summed E-state index contributed by atoms with van der Waals surface area (Å²) in [5, 5.41) is 78.6. The molecule has 2 aromatic carbocycles. The van der Waals surface area contributed by atoms with Crippen molar-refractivity contribution in [3.8, 4) is 34.5 Å². The molecule has 2 aromatic rings. The summed E-state index contributed by atoms with van der Waals surface area (Å²) in [6, 6.07) is 3.55. The van der Waals surface area contributed by atoms with Crippen molar-refractivity contribution in [2.75, 3.05) is 6.61 Å². The van der Waals surface area contributed by atoms with Gasteiger partial charge in [0.25, 0.3) is 0 Å².